The van der Waals surface area contributed by atoms with Crippen LogP contribution in [0.2, 0.25) is 0 Å². The summed E-state index contributed by atoms with van der Waals surface area (Å²) in [6.07, 6.45) is 1.07. The maximum Gasteiger partial charge on any atom is 0.673 e. The summed E-state index contributed by atoms with van der Waals surface area (Å²) >= 11 is 1.90. The molecule has 0 nitrogen and oxygen atoms in total. The lowest BCUT2D eigenvalue weighted by Crippen LogP contribution is -2.11. The molecule has 1 aliphatic rings. The molecule has 0 aromatic heterocycles. The van der Waals surface area contributed by atoms with Crippen molar-refractivity contribution < 1.29 is 17.3 Å². The molecule has 0 saturated carbocycles. The van der Waals surface area contributed by atoms with Crippen LogP contribution in [-0.4, -0.2) is 7.25 Å². The molecule has 0 bridgehead atoms. The molecule has 31 heavy (non-hydrogen) atoms. The third-order valence-corrected chi connectivity index (χ3v) is 8.73. The summed E-state index contributed by atoms with van der Waals surface area (Å²) in [4.78, 5) is 7.12. The molecule has 0 unspecified atom stereocenters. The van der Waals surface area contributed by atoms with Crippen molar-refractivity contribution in [3.8, 4) is 0 Å². The van der Waals surface area contributed by atoms with Crippen molar-refractivity contribution in [2.75, 3.05) is 0 Å². The smallest absolute Gasteiger partial charge is 0.418 e. The van der Waals surface area contributed by atoms with Gasteiger partial charge in [0, 0.05) is 5.39 Å². The Kier molecular flexibility index (Phi) is 6.35. The van der Waals surface area contributed by atoms with E-state index in [1.165, 1.54) is 40.8 Å². The highest BCUT2D eigenvalue weighted by atomic mass is 32.2. The molecule has 7 heteroatoms. The molecule has 0 N–H and O–H groups in total. The minimum atomic E-state index is -6.00. The van der Waals surface area contributed by atoms with Crippen LogP contribution < -0.4 is 0 Å². The Morgan fingerprint density at radius 1 is 0.645 bits per heavy atom. The van der Waals surface area contributed by atoms with E-state index in [4.69, 9.17) is 0 Å². The lowest BCUT2D eigenvalue weighted by molar-refractivity contribution is 0.368. The van der Waals surface area contributed by atoms with Crippen molar-refractivity contribution >= 4 is 40.7 Å². The summed E-state index contributed by atoms with van der Waals surface area (Å²) in [5.41, 5.74) is 1.43. The Hall–Kier alpha value is -2.38. The van der Waals surface area contributed by atoms with Gasteiger partial charge in [0.25, 0.3) is 0 Å². The number of fused-ring (bicyclic) bond motifs is 3. The van der Waals surface area contributed by atoms with Crippen LogP contribution in [0, 0.1) is 0 Å². The summed E-state index contributed by atoms with van der Waals surface area (Å²) in [6, 6.07) is 31.4. The molecule has 0 radical (unpaired) electrons. The van der Waals surface area contributed by atoms with Crippen LogP contribution in [-0.2, 0) is 17.3 Å². The van der Waals surface area contributed by atoms with Gasteiger partial charge in [0.1, 0.15) is 10.9 Å². The first-order valence-corrected chi connectivity index (χ1v) is 11.9. The zero-order valence-corrected chi connectivity index (χ0v) is 18.3. The zero-order chi connectivity index (χ0) is 22.0. The normalized spacial score (nSPS) is 13.2. The van der Waals surface area contributed by atoms with Gasteiger partial charge in [0.05, 0.1) is 9.79 Å². The van der Waals surface area contributed by atoms with Gasteiger partial charge in [-0.1, -0.05) is 67.2 Å². The first-order valence-electron chi connectivity index (χ1n) is 9.85. The maximum atomic E-state index is 9.75. The Labute approximate surface area is 186 Å². The van der Waals surface area contributed by atoms with Crippen molar-refractivity contribution in [3.63, 3.8) is 0 Å². The molecule has 0 amide bonds. The summed E-state index contributed by atoms with van der Waals surface area (Å²) in [5, 5.41) is 2.79. The molecule has 158 valence electrons. The summed E-state index contributed by atoms with van der Waals surface area (Å²) < 4.78 is 39.0. The molecule has 0 atom stereocenters. The average Bonchev–Trinajstić information content (AvgIpc) is 2.76. The van der Waals surface area contributed by atoms with Crippen molar-refractivity contribution in [2.45, 2.75) is 37.8 Å². The molecule has 0 aliphatic carbocycles. The largest absolute Gasteiger partial charge is 0.673 e. The minimum Gasteiger partial charge on any atom is -0.418 e. The Balaban J connectivity index is 0.000000418. The highest BCUT2D eigenvalue weighted by Crippen LogP contribution is 2.49. The van der Waals surface area contributed by atoms with Gasteiger partial charge in [-0.25, -0.2) is 0 Å². The minimum absolute atomic E-state index is 0.0636. The van der Waals surface area contributed by atoms with E-state index in [-0.39, 0.29) is 10.9 Å². The van der Waals surface area contributed by atoms with Crippen LogP contribution in [0.1, 0.15) is 12.5 Å². The van der Waals surface area contributed by atoms with E-state index in [1.807, 2.05) is 11.8 Å². The number of benzene rings is 4. The molecule has 4 aromatic rings. The monoisotopic (exact) mass is 458 g/mol. The van der Waals surface area contributed by atoms with Crippen molar-refractivity contribution in [1.82, 2.24) is 0 Å². The zero-order valence-electron chi connectivity index (χ0n) is 16.7. The molecule has 4 aromatic carbocycles. The highest BCUT2D eigenvalue weighted by molar-refractivity contribution is 8.04. The number of halogens is 4. The van der Waals surface area contributed by atoms with Crippen LogP contribution in [0.25, 0.3) is 10.8 Å². The Morgan fingerprint density at radius 2 is 1.13 bits per heavy atom. The average molecular weight is 458 g/mol. The second-order valence-electron chi connectivity index (χ2n) is 6.92. The summed E-state index contributed by atoms with van der Waals surface area (Å²) in [5.74, 6) is 0. The van der Waals surface area contributed by atoms with Crippen LogP contribution in [0.3, 0.4) is 0 Å². The second-order valence-corrected chi connectivity index (χ2v) is 9.93. The summed E-state index contributed by atoms with van der Waals surface area (Å²) in [7, 11) is -6.06. The number of rotatable bonds is 2. The summed E-state index contributed by atoms with van der Waals surface area (Å²) in [6.45, 7) is 2.24. The molecule has 0 fully saturated rings. The lowest BCUT2D eigenvalue weighted by atomic mass is 10.0. The fraction of sp³-hybridized carbons (Fsp3) is 0.0833. The van der Waals surface area contributed by atoms with E-state index in [2.05, 4.69) is 91.9 Å². The molecule has 5 rings (SSSR count). The SMILES string of the molecule is CCc1ccc([S+]2c3ccccc3Sc3ccccc32)c2ccccc12.F[B-](F)(F)F. The van der Waals surface area contributed by atoms with Crippen molar-refractivity contribution in [2.24, 2.45) is 0 Å². The Bertz CT molecular complexity index is 1170. The predicted octanol–water partition coefficient (Wildman–Crippen LogP) is 8.26. The van der Waals surface area contributed by atoms with E-state index in [0.717, 1.165) is 6.42 Å². The molecule has 1 heterocycles. The molecular formula is C24H19BF4S2. The van der Waals surface area contributed by atoms with Crippen LogP contribution in [0.4, 0.5) is 17.3 Å². The molecule has 0 saturated heterocycles. The van der Waals surface area contributed by atoms with E-state index < -0.39 is 7.25 Å². The standard InChI is InChI=1S/C24H19S2.BF4/c1-2-17-15-16-22(19-10-4-3-9-18(17)19)26-23-13-7-5-11-20(23)25-21-12-6-8-14-24(21)26;2-1(3,4)5/h3-16H,2H2,1H3;/q+1;-1. The number of hydrogen-bond donors (Lipinski definition) is 0. The molecular weight excluding hydrogens is 439 g/mol. The lowest BCUT2D eigenvalue weighted by Gasteiger charge is -2.20. The van der Waals surface area contributed by atoms with Crippen molar-refractivity contribution in [3.05, 3.63) is 90.5 Å². The Morgan fingerprint density at radius 3 is 1.68 bits per heavy atom. The maximum absolute atomic E-state index is 9.75. The third-order valence-electron chi connectivity index (χ3n) is 4.93. The first kappa shape index (κ1) is 21.8. The third kappa shape index (κ3) is 4.78. The van der Waals surface area contributed by atoms with Crippen LogP contribution in [0.5, 0.6) is 0 Å². The topological polar surface area (TPSA) is 0 Å². The van der Waals surface area contributed by atoms with Gasteiger partial charge in [-0.15, -0.1) is 0 Å². The van der Waals surface area contributed by atoms with Crippen LogP contribution in [0.15, 0.2) is 109 Å². The van der Waals surface area contributed by atoms with E-state index >= 15 is 0 Å². The number of aryl methyl sites for hydroxylation is 1. The first-order chi connectivity index (χ1) is 14.9. The van der Waals surface area contributed by atoms with Crippen LogP contribution >= 0.6 is 11.8 Å². The van der Waals surface area contributed by atoms with Gasteiger partial charge in [0.15, 0.2) is 14.7 Å². The number of hydrogen-bond acceptors (Lipinski definition) is 1. The second kappa shape index (κ2) is 9.01. The molecule has 1 aliphatic heterocycles. The van der Waals surface area contributed by atoms with Gasteiger partial charge in [-0.05, 0) is 53.8 Å². The van der Waals surface area contributed by atoms with Gasteiger partial charge >= 0.3 is 7.25 Å². The fourth-order valence-electron chi connectivity index (χ4n) is 3.70. The van der Waals surface area contributed by atoms with Gasteiger partial charge in [0.2, 0.25) is 0 Å². The predicted molar refractivity (Wildman–Crippen MR) is 123 cm³/mol. The van der Waals surface area contributed by atoms with E-state index in [9.17, 15) is 17.3 Å². The fourth-order valence-corrected chi connectivity index (χ4v) is 7.60. The van der Waals surface area contributed by atoms with Gasteiger partial charge < -0.3 is 17.3 Å². The quantitative estimate of drug-likeness (QED) is 0.146. The van der Waals surface area contributed by atoms with Gasteiger partial charge in [-0.2, -0.15) is 0 Å². The van der Waals surface area contributed by atoms with E-state index in [1.54, 1.807) is 0 Å². The van der Waals surface area contributed by atoms with Crippen molar-refractivity contribution in [1.29, 1.82) is 0 Å². The van der Waals surface area contributed by atoms with E-state index in [0.29, 0.717) is 0 Å². The van der Waals surface area contributed by atoms with Gasteiger partial charge in [-0.3, -0.25) is 0 Å². The highest BCUT2D eigenvalue weighted by Gasteiger charge is 2.38. The molecule has 0 spiro atoms.